The SMILES string of the molecule is COc1ccccc1C(=O)N1CCN(c2nc3ccccc3c3nnc(-c4ccccc4F)n23)C[C@@H]1C. The number of carbonyl (C=O) groups is 1. The van der Waals surface area contributed by atoms with Crippen molar-refractivity contribution in [1.82, 2.24) is 24.5 Å². The van der Waals surface area contributed by atoms with Crippen LogP contribution in [0.2, 0.25) is 0 Å². The van der Waals surface area contributed by atoms with Crippen molar-refractivity contribution >= 4 is 28.4 Å². The van der Waals surface area contributed by atoms with Crippen molar-refractivity contribution in [1.29, 1.82) is 0 Å². The first-order valence-corrected chi connectivity index (χ1v) is 12.1. The molecule has 0 radical (unpaired) electrons. The van der Waals surface area contributed by atoms with Crippen molar-refractivity contribution in [3.63, 3.8) is 0 Å². The standard InChI is InChI=1S/C28H25FN6O2/c1-18-17-33(15-16-34(18)27(36)21-11-5-8-14-24(21)37-2)28-30-23-13-7-4-10-20(23)26-32-31-25(35(26)28)19-9-3-6-12-22(19)29/h3-14,18H,15-17H2,1-2H3/t18-/m0/s1. The number of piperazine rings is 1. The van der Waals surface area contributed by atoms with E-state index < -0.39 is 0 Å². The van der Waals surface area contributed by atoms with Crippen LogP contribution in [0.1, 0.15) is 17.3 Å². The van der Waals surface area contributed by atoms with Gasteiger partial charge in [-0.15, -0.1) is 10.2 Å². The first-order valence-electron chi connectivity index (χ1n) is 12.1. The van der Waals surface area contributed by atoms with Gasteiger partial charge < -0.3 is 14.5 Å². The molecule has 186 valence electrons. The van der Waals surface area contributed by atoms with Gasteiger partial charge in [0.05, 0.1) is 23.8 Å². The van der Waals surface area contributed by atoms with E-state index in [1.807, 2.05) is 52.6 Å². The normalized spacial score (nSPS) is 15.9. The Morgan fingerprint density at radius 3 is 2.54 bits per heavy atom. The highest BCUT2D eigenvalue weighted by molar-refractivity contribution is 5.97. The second kappa shape index (κ2) is 9.16. The van der Waals surface area contributed by atoms with E-state index in [4.69, 9.17) is 9.72 Å². The number of hydrogen-bond acceptors (Lipinski definition) is 6. The van der Waals surface area contributed by atoms with Crippen LogP contribution in [0.5, 0.6) is 5.75 Å². The van der Waals surface area contributed by atoms with Crippen molar-refractivity contribution < 1.29 is 13.9 Å². The molecule has 0 unspecified atom stereocenters. The third-order valence-electron chi connectivity index (χ3n) is 6.85. The van der Waals surface area contributed by atoms with Crippen LogP contribution in [0, 0.1) is 5.82 Å². The van der Waals surface area contributed by atoms with Crippen LogP contribution >= 0.6 is 0 Å². The van der Waals surface area contributed by atoms with Gasteiger partial charge in [0.1, 0.15) is 11.6 Å². The number of fused-ring (bicyclic) bond motifs is 3. The van der Waals surface area contributed by atoms with Gasteiger partial charge in [0.2, 0.25) is 5.95 Å². The first-order chi connectivity index (χ1) is 18.1. The molecule has 0 aliphatic carbocycles. The fourth-order valence-electron chi connectivity index (χ4n) is 5.01. The van der Waals surface area contributed by atoms with Crippen molar-refractivity contribution in [2.75, 3.05) is 31.6 Å². The van der Waals surface area contributed by atoms with Crippen LogP contribution in [0.4, 0.5) is 10.3 Å². The van der Waals surface area contributed by atoms with E-state index in [0.717, 1.165) is 10.9 Å². The van der Waals surface area contributed by atoms with Gasteiger partial charge in [-0.25, -0.2) is 13.8 Å². The number of benzene rings is 3. The maximum Gasteiger partial charge on any atom is 0.257 e. The topological polar surface area (TPSA) is 75.9 Å². The molecule has 9 heteroatoms. The lowest BCUT2D eigenvalue weighted by molar-refractivity contribution is 0.0669. The lowest BCUT2D eigenvalue weighted by Crippen LogP contribution is -2.54. The molecule has 0 bridgehead atoms. The third-order valence-corrected chi connectivity index (χ3v) is 6.85. The molecule has 1 saturated heterocycles. The van der Waals surface area contributed by atoms with Gasteiger partial charge in [0.25, 0.3) is 5.91 Å². The smallest absolute Gasteiger partial charge is 0.257 e. The molecule has 1 fully saturated rings. The lowest BCUT2D eigenvalue weighted by Gasteiger charge is -2.40. The van der Waals surface area contributed by atoms with E-state index in [-0.39, 0.29) is 17.8 Å². The quantitative estimate of drug-likeness (QED) is 0.366. The average Bonchev–Trinajstić information content (AvgIpc) is 3.38. The number of aromatic nitrogens is 4. The number of nitrogens with zero attached hydrogens (tertiary/aromatic N) is 6. The van der Waals surface area contributed by atoms with Crippen LogP contribution in [0.25, 0.3) is 27.9 Å². The van der Waals surface area contributed by atoms with Crippen LogP contribution in [-0.2, 0) is 0 Å². The molecular weight excluding hydrogens is 471 g/mol. The number of rotatable bonds is 4. The molecule has 1 aliphatic heterocycles. The minimum atomic E-state index is -0.378. The molecule has 0 N–H and O–H groups in total. The Hall–Kier alpha value is -4.53. The third kappa shape index (κ3) is 3.83. The van der Waals surface area contributed by atoms with Gasteiger partial charge in [-0.1, -0.05) is 36.4 Å². The summed E-state index contributed by atoms with van der Waals surface area (Å²) < 4.78 is 22.1. The van der Waals surface area contributed by atoms with Gasteiger partial charge in [-0.2, -0.15) is 0 Å². The van der Waals surface area contributed by atoms with E-state index >= 15 is 0 Å². The van der Waals surface area contributed by atoms with Gasteiger partial charge in [0.15, 0.2) is 11.5 Å². The summed E-state index contributed by atoms with van der Waals surface area (Å²) in [6.07, 6.45) is 0. The molecule has 0 saturated carbocycles. The van der Waals surface area contributed by atoms with Crippen LogP contribution in [-0.4, -0.2) is 63.2 Å². The summed E-state index contributed by atoms with van der Waals surface area (Å²) in [7, 11) is 1.57. The maximum absolute atomic E-state index is 14.8. The largest absolute Gasteiger partial charge is 0.496 e. The summed E-state index contributed by atoms with van der Waals surface area (Å²) in [6.45, 7) is 3.59. The van der Waals surface area contributed by atoms with Crippen molar-refractivity contribution in [2.45, 2.75) is 13.0 Å². The molecule has 1 atom stereocenters. The fraction of sp³-hybridized carbons (Fsp3) is 0.214. The van der Waals surface area contributed by atoms with E-state index in [2.05, 4.69) is 15.1 Å². The zero-order valence-electron chi connectivity index (χ0n) is 20.5. The Kier molecular flexibility index (Phi) is 5.67. The molecule has 8 nitrogen and oxygen atoms in total. The van der Waals surface area contributed by atoms with Crippen LogP contribution < -0.4 is 9.64 Å². The molecule has 2 aromatic heterocycles. The van der Waals surface area contributed by atoms with Gasteiger partial charge in [-0.3, -0.25) is 4.79 Å². The Labute approximate surface area is 212 Å². The lowest BCUT2D eigenvalue weighted by atomic mass is 10.1. The predicted molar refractivity (Wildman–Crippen MR) is 139 cm³/mol. The summed E-state index contributed by atoms with van der Waals surface area (Å²) >= 11 is 0. The summed E-state index contributed by atoms with van der Waals surface area (Å²) in [5.74, 6) is 1.11. The maximum atomic E-state index is 14.8. The molecule has 3 aromatic carbocycles. The number of halogens is 1. The molecular formula is C28H25FN6O2. The van der Waals surface area contributed by atoms with Crippen molar-refractivity contribution in [3.05, 3.63) is 84.2 Å². The van der Waals surface area contributed by atoms with Crippen LogP contribution in [0.15, 0.2) is 72.8 Å². The molecule has 3 heterocycles. The Bertz CT molecular complexity index is 1630. The summed E-state index contributed by atoms with van der Waals surface area (Å²) in [5, 5.41) is 9.66. The number of ether oxygens (including phenoxy) is 1. The predicted octanol–water partition coefficient (Wildman–Crippen LogP) is 4.44. The Balaban J connectivity index is 1.41. The minimum absolute atomic E-state index is 0.0717. The van der Waals surface area contributed by atoms with Crippen molar-refractivity contribution in [2.24, 2.45) is 0 Å². The molecule has 1 aliphatic rings. The molecule has 6 rings (SSSR count). The average molecular weight is 497 g/mol. The Morgan fingerprint density at radius 1 is 0.973 bits per heavy atom. The highest BCUT2D eigenvalue weighted by Gasteiger charge is 2.32. The summed E-state index contributed by atoms with van der Waals surface area (Å²) in [5.41, 5.74) is 2.28. The molecule has 1 amide bonds. The van der Waals surface area contributed by atoms with E-state index in [9.17, 15) is 9.18 Å². The highest BCUT2D eigenvalue weighted by atomic mass is 19.1. The van der Waals surface area contributed by atoms with Crippen molar-refractivity contribution in [3.8, 4) is 17.1 Å². The number of anilines is 1. The minimum Gasteiger partial charge on any atom is -0.496 e. The monoisotopic (exact) mass is 496 g/mol. The van der Waals surface area contributed by atoms with Crippen LogP contribution in [0.3, 0.4) is 0 Å². The zero-order valence-corrected chi connectivity index (χ0v) is 20.5. The number of hydrogen-bond donors (Lipinski definition) is 0. The van der Waals surface area contributed by atoms with E-state index in [1.54, 1.807) is 37.4 Å². The summed E-state index contributed by atoms with van der Waals surface area (Å²) in [4.78, 5) is 22.3. The summed E-state index contributed by atoms with van der Waals surface area (Å²) in [6, 6.07) is 21.4. The highest BCUT2D eigenvalue weighted by Crippen LogP contribution is 2.31. The number of amides is 1. The zero-order chi connectivity index (χ0) is 25.5. The number of carbonyl (C=O) groups excluding carboxylic acids is 1. The molecule has 37 heavy (non-hydrogen) atoms. The number of methoxy groups -OCH3 is 1. The Morgan fingerprint density at radius 2 is 1.73 bits per heavy atom. The van der Waals surface area contributed by atoms with E-state index in [1.165, 1.54) is 6.07 Å². The molecule has 0 spiro atoms. The molecule has 5 aromatic rings. The fourth-order valence-corrected chi connectivity index (χ4v) is 5.01. The second-order valence-electron chi connectivity index (χ2n) is 9.09. The number of para-hydroxylation sites is 2. The van der Waals surface area contributed by atoms with Gasteiger partial charge in [0, 0.05) is 31.1 Å². The first kappa shape index (κ1) is 22.9. The second-order valence-corrected chi connectivity index (χ2v) is 9.09. The van der Waals surface area contributed by atoms with Gasteiger partial charge >= 0.3 is 0 Å². The van der Waals surface area contributed by atoms with E-state index in [0.29, 0.717) is 53.9 Å². The van der Waals surface area contributed by atoms with Gasteiger partial charge in [-0.05, 0) is 43.3 Å².